The number of carbonyl (C=O) groups excluding carboxylic acids is 1. The molecule has 5 rings (SSSR count). The van der Waals surface area contributed by atoms with Crippen molar-refractivity contribution in [3.63, 3.8) is 0 Å². The number of fused-ring (bicyclic) bond motifs is 1. The average molecular weight is 529 g/mol. The molecular formula is C25H27F3N8O2. The van der Waals surface area contributed by atoms with Gasteiger partial charge in [0.25, 0.3) is 0 Å². The second-order valence-corrected chi connectivity index (χ2v) is 9.24. The Balaban J connectivity index is 1.39. The molecule has 1 saturated heterocycles. The Bertz CT molecular complexity index is 1450. The molecule has 0 unspecified atom stereocenters. The van der Waals surface area contributed by atoms with Crippen LogP contribution in [0.5, 0.6) is 0 Å². The van der Waals surface area contributed by atoms with Gasteiger partial charge >= 0.3 is 12.2 Å². The van der Waals surface area contributed by atoms with Gasteiger partial charge in [0, 0.05) is 42.8 Å². The third-order valence-electron chi connectivity index (χ3n) is 6.44. The van der Waals surface area contributed by atoms with Crippen LogP contribution < -0.4 is 10.6 Å². The van der Waals surface area contributed by atoms with E-state index in [-0.39, 0.29) is 13.1 Å². The lowest BCUT2D eigenvalue weighted by atomic mass is 10.1. The van der Waals surface area contributed by atoms with Crippen LogP contribution in [0.1, 0.15) is 18.9 Å². The van der Waals surface area contributed by atoms with Gasteiger partial charge in [-0.3, -0.25) is 14.8 Å². The zero-order valence-corrected chi connectivity index (χ0v) is 21.0. The molecule has 4 heterocycles. The van der Waals surface area contributed by atoms with Crippen LogP contribution in [0.25, 0.3) is 28.0 Å². The lowest BCUT2D eigenvalue weighted by molar-refractivity contribution is -0.180. The molecule has 2 atom stereocenters. The van der Waals surface area contributed by atoms with Crippen LogP contribution in [-0.2, 0) is 11.9 Å². The lowest BCUT2D eigenvalue weighted by Crippen LogP contribution is -2.44. The average Bonchev–Trinajstić information content (AvgIpc) is 3.53. The van der Waals surface area contributed by atoms with Crippen LogP contribution in [-0.4, -0.2) is 67.1 Å². The Kier molecular flexibility index (Phi) is 6.80. The summed E-state index contributed by atoms with van der Waals surface area (Å²) in [6.07, 6.45) is -2.31. The summed E-state index contributed by atoms with van der Waals surface area (Å²) in [5.74, 6) is 0.454. The van der Waals surface area contributed by atoms with Gasteiger partial charge in [-0.05, 0) is 32.0 Å². The SMILES string of the molecule is Cc1c(-c2cnc3c(cnn3C)c2)nn(-c2ccccc2)c1NC(=O)N[C@@H]1CN(CCC(F)(F)F)O[C@H]1C. The van der Waals surface area contributed by atoms with Crippen molar-refractivity contribution in [1.29, 1.82) is 0 Å². The number of amides is 2. The minimum absolute atomic E-state index is 0.143. The highest BCUT2D eigenvalue weighted by molar-refractivity contribution is 5.91. The zero-order chi connectivity index (χ0) is 27.0. The largest absolute Gasteiger partial charge is 0.390 e. The Morgan fingerprint density at radius 2 is 1.97 bits per heavy atom. The van der Waals surface area contributed by atoms with Crippen LogP contribution in [0.3, 0.4) is 0 Å². The number of benzene rings is 1. The molecule has 2 N–H and O–H groups in total. The van der Waals surface area contributed by atoms with Crippen LogP contribution in [0.2, 0.25) is 0 Å². The van der Waals surface area contributed by atoms with Gasteiger partial charge in [-0.15, -0.1) is 0 Å². The molecule has 10 nitrogen and oxygen atoms in total. The molecule has 13 heteroatoms. The minimum Gasteiger partial charge on any atom is -0.331 e. The Morgan fingerprint density at radius 1 is 1.21 bits per heavy atom. The summed E-state index contributed by atoms with van der Waals surface area (Å²) in [6.45, 7) is 3.40. The number of hydrogen-bond acceptors (Lipinski definition) is 6. The number of urea groups is 1. The van der Waals surface area contributed by atoms with E-state index in [1.807, 2.05) is 50.4 Å². The first-order chi connectivity index (χ1) is 18.1. The van der Waals surface area contributed by atoms with Crippen LogP contribution in [0.4, 0.5) is 23.8 Å². The van der Waals surface area contributed by atoms with E-state index in [0.717, 1.165) is 27.8 Å². The van der Waals surface area contributed by atoms with Crippen molar-refractivity contribution in [1.82, 2.24) is 34.9 Å². The maximum absolute atomic E-state index is 13.1. The Hall–Kier alpha value is -3.97. The fraction of sp³-hybridized carbons (Fsp3) is 0.360. The van der Waals surface area contributed by atoms with Crippen molar-refractivity contribution < 1.29 is 22.8 Å². The van der Waals surface area contributed by atoms with E-state index in [1.54, 1.807) is 28.7 Å². The molecule has 4 aromatic rings. The van der Waals surface area contributed by atoms with Crippen LogP contribution in [0.15, 0.2) is 48.8 Å². The highest BCUT2D eigenvalue weighted by Gasteiger charge is 2.35. The van der Waals surface area contributed by atoms with Gasteiger partial charge in [0.15, 0.2) is 5.65 Å². The van der Waals surface area contributed by atoms with E-state index in [2.05, 4.69) is 20.7 Å². The number of aryl methyl sites for hydroxylation is 1. The van der Waals surface area contributed by atoms with Crippen molar-refractivity contribution in [2.24, 2.45) is 7.05 Å². The fourth-order valence-corrected chi connectivity index (χ4v) is 4.44. The summed E-state index contributed by atoms with van der Waals surface area (Å²) in [4.78, 5) is 23.1. The van der Waals surface area contributed by atoms with Gasteiger partial charge in [0.2, 0.25) is 0 Å². The van der Waals surface area contributed by atoms with E-state index in [4.69, 9.17) is 9.94 Å². The molecular weight excluding hydrogens is 501 g/mol. The van der Waals surface area contributed by atoms with Gasteiger partial charge in [-0.2, -0.15) is 28.4 Å². The Labute approximate surface area is 216 Å². The molecule has 200 valence electrons. The molecule has 38 heavy (non-hydrogen) atoms. The third-order valence-corrected chi connectivity index (χ3v) is 6.44. The summed E-state index contributed by atoms with van der Waals surface area (Å²) < 4.78 is 41.1. The standard InChI is InChI=1S/C25H27F3N8O2/c1-15-21(17-11-18-13-30-34(3)23(18)29-12-17)33-36(19-7-5-4-6-8-19)22(15)32-24(37)31-20-14-35(38-16(20)2)10-9-25(26,27)28/h4-8,11-13,16,20H,9-10,14H2,1-3H3,(H2,31,32,37)/t16-,20+/m0/s1. The molecule has 0 saturated carbocycles. The van der Waals surface area contributed by atoms with Crippen molar-refractivity contribution in [2.75, 3.05) is 18.4 Å². The number of pyridine rings is 1. The normalized spacial score (nSPS) is 18.3. The molecule has 1 aliphatic heterocycles. The second kappa shape index (κ2) is 10.1. The van der Waals surface area contributed by atoms with Crippen molar-refractivity contribution >= 4 is 22.9 Å². The molecule has 1 aliphatic rings. The smallest absolute Gasteiger partial charge is 0.331 e. The molecule has 1 aromatic carbocycles. The van der Waals surface area contributed by atoms with Gasteiger partial charge in [0.05, 0.1) is 36.1 Å². The van der Waals surface area contributed by atoms with Crippen LogP contribution in [0, 0.1) is 6.92 Å². The van der Waals surface area contributed by atoms with Gasteiger partial charge in [-0.25, -0.2) is 14.5 Å². The number of aromatic nitrogens is 5. The van der Waals surface area contributed by atoms with Crippen molar-refractivity contribution in [3.05, 3.63) is 54.4 Å². The predicted octanol–water partition coefficient (Wildman–Crippen LogP) is 4.21. The fourth-order valence-electron chi connectivity index (χ4n) is 4.44. The second-order valence-electron chi connectivity index (χ2n) is 9.24. The van der Waals surface area contributed by atoms with Crippen molar-refractivity contribution in [3.8, 4) is 16.9 Å². The van der Waals surface area contributed by atoms with Gasteiger partial charge in [0.1, 0.15) is 5.82 Å². The van der Waals surface area contributed by atoms with Gasteiger partial charge < -0.3 is 5.32 Å². The molecule has 0 aliphatic carbocycles. The molecule has 0 spiro atoms. The molecule has 0 radical (unpaired) electrons. The third kappa shape index (κ3) is 5.34. The maximum Gasteiger partial charge on any atom is 0.390 e. The summed E-state index contributed by atoms with van der Waals surface area (Å²) in [5, 5.41) is 16.8. The van der Waals surface area contributed by atoms with Gasteiger partial charge in [-0.1, -0.05) is 18.2 Å². The maximum atomic E-state index is 13.1. The highest BCUT2D eigenvalue weighted by Crippen LogP contribution is 2.31. The molecule has 0 bridgehead atoms. The number of para-hydroxylation sites is 1. The highest BCUT2D eigenvalue weighted by atomic mass is 19.4. The predicted molar refractivity (Wildman–Crippen MR) is 135 cm³/mol. The quantitative estimate of drug-likeness (QED) is 0.389. The number of anilines is 1. The summed E-state index contributed by atoms with van der Waals surface area (Å²) in [5.41, 5.74) is 3.60. The first-order valence-electron chi connectivity index (χ1n) is 12.1. The summed E-state index contributed by atoms with van der Waals surface area (Å²) >= 11 is 0. The Morgan fingerprint density at radius 3 is 2.71 bits per heavy atom. The van der Waals surface area contributed by atoms with Crippen molar-refractivity contribution in [2.45, 2.75) is 38.6 Å². The number of nitrogens with zero attached hydrogens (tertiary/aromatic N) is 6. The van der Waals surface area contributed by atoms with E-state index in [0.29, 0.717) is 11.5 Å². The number of carbonyl (C=O) groups is 1. The van der Waals surface area contributed by atoms with Crippen LogP contribution >= 0.6 is 0 Å². The zero-order valence-electron chi connectivity index (χ0n) is 21.0. The van der Waals surface area contributed by atoms with E-state index >= 15 is 0 Å². The number of alkyl halides is 3. The lowest BCUT2D eigenvalue weighted by Gasteiger charge is -2.16. The van der Waals surface area contributed by atoms with E-state index in [1.165, 1.54) is 5.06 Å². The number of hydrogen-bond donors (Lipinski definition) is 2. The topological polar surface area (TPSA) is 102 Å². The summed E-state index contributed by atoms with van der Waals surface area (Å²) in [7, 11) is 1.82. The first-order valence-corrected chi connectivity index (χ1v) is 12.1. The number of hydroxylamine groups is 2. The van der Waals surface area contributed by atoms with E-state index < -0.39 is 30.8 Å². The summed E-state index contributed by atoms with van der Waals surface area (Å²) in [6, 6.07) is 10.3. The number of rotatable bonds is 6. The number of nitrogens with one attached hydrogen (secondary N) is 2. The minimum atomic E-state index is -4.28. The monoisotopic (exact) mass is 528 g/mol. The first kappa shape index (κ1) is 25.7. The molecule has 2 amide bonds. The molecule has 3 aromatic heterocycles. The molecule has 1 fully saturated rings. The van der Waals surface area contributed by atoms with E-state index in [9.17, 15) is 18.0 Å². The number of halogens is 3.